The monoisotopic (exact) mass is 163 g/mol. The van der Waals surface area contributed by atoms with E-state index in [2.05, 4.69) is 12.6 Å². The lowest BCUT2D eigenvalue weighted by atomic mass is 9.91. The fourth-order valence-electron chi connectivity index (χ4n) is 0. The van der Waals surface area contributed by atoms with Gasteiger partial charge in [0.2, 0.25) is 0 Å². The van der Waals surface area contributed by atoms with E-state index in [1.165, 1.54) is 0 Å². The third-order valence-electron chi connectivity index (χ3n) is 1.58. The first-order chi connectivity index (χ1) is 4.25. The summed E-state index contributed by atoms with van der Waals surface area (Å²) in [6.07, 6.45) is 0. The maximum atomic E-state index is 5.74. The first-order valence-electron chi connectivity index (χ1n) is 3.76. The SMILES string of the molecule is CC.CC(C)(N)C(C)(C)S. The number of nitrogens with two attached hydrogens (primary N) is 1. The molecule has 0 atom stereocenters. The highest BCUT2D eigenvalue weighted by Crippen LogP contribution is 2.24. The Morgan fingerprint density at radius 1 is 1.00 bits per heavy atom. The van der Waals surface area contributed by atoms with Crippen molar-refractivity contribution in [3.05, 3.63) is 0 Å². The van der Waals surface area contributed by atoms with Crippen molar-refractivity contribution in [2.45, 2.75) is 51.8 Å². The van der Waals surface area contributed by atoms with Gasteiger partial charge in [-0.05, 0) is 27.7 Å². The largest absolute Gasteiger partial charge is 0.324 e. The van der Waals surface area contributed by atoms with E-state index in [0.29, 0.717) is 0 Å². The van der Waals surface area contributed by atoms with E-state index in [0.717, 1.165) is 0 Å². The van der Waals surface area contributed by atoms with Gasteiger partial charge < -0.3 is 5.73 Å². The van der Waals surface area contributed by atoms with Gasteiger partial charge in [-0.25, -0.2) is 0 Å². The van der Waals surface area contributed by atoms with Crippen LogP contribution in [0.2, 0.25) is 0 Å². The molecular weight excluding hydrogens is 142 g/mol. The Labute approximate surface area is 70.8 Å². The van der Waals surface area contributed by atoms with Crippen LogP contribution in [0.15, 0.2) is 0 Å². The number of hydrogen-bond donors (Lipinski definition) is 2. The van der Waals surface area contributed by atoms with E-state index in [9.17, 15) is 0 Å². The molecule has 1 nitrogen and oxygen atoms in total. The third-order valence-corrected chi connectivity index (χ3v) is 2.15. The zero-order chi connectivity index (χ0) is 9.00. The van der Waals surface area contributed by atoms with Crippen molar-refractivity contribution in [3.8, 4) is 0 Å². The van der Waals surface area contributed by atoms with Gasteiger partial charge in [0, 0.05) is 10.3 Å². The molecule has 2 heteroatoms. The minimum Gasteiger partial charge on any atom is -0.324 e. The van der Waals surface area contributed by atoms with Gasteiger partial charge in [-0.2, -0.15) is 12.6 Å². The van der Waals surface area contributed by atoms with E-state index in [1.54, 1.807) is 0 Å². The van der Waals surface area contributed by atoms with Crippen molar-refractivity contribution in [1.29, 1.82) is 0 Å². The minimum absolute atomic E-state index is 0.0903. The summed E-state index contributed by atoms with van der Waals surface area (Å²) in [7, 11) is 0. The molecule has 0 fully saturated rings. The summed E-state index contributed by atoms with van der Waals surface area (Å²) >= 11 is 4.31. The standard InChI is InChI=1S/C6H15NS.C2H6/c1-5(2,7)6(3,4)8;1-2/h8H,7H2,1-4H3;1-2H3. The van der Waals surface area contributed by atoms with Crippen LogP contribution in [0.25, 0.3) is 0 Å². The molecule has 0 heterocycles. The molecule has 2 N–H and O–H groups in total. The Morgan fingerprint density at radius 2 is 1.10 bits per heavy atom. The maximum Gasteiger partial charge on any atom is 0.0247 e. The van der Waals surface area contributed by atoms with Crippen LogP contribution in [-0.2, 0) is 0 Å². The van der Waals surface area contributed by atoms with Gasteiger partial charge in [-0.1, -0.05) is 13.8 Å². The quantitative estimate of drug-likeness (QED) is 0.571. The first-order valence-corrected chi connectivity index (χ1v) is 4.21. The summed E-state index contributed by atoms with van der Waals surface area (Å²) < 4.78 is -0.0903. The summed E-state index contributed by atoms with van der Waals surface area (Å²) in [5.41, 5.74) is 5.54. The highest BCUT2D eigenvalue weighted by molar-refractivity contribution is 7.81. The molecule has 0 amide bonds. The second kappa shape index (κ2) is 4.24. The summed E-state index contributed by atoms with van der Waals surface area (Å²) in [5, 5.41) is 0. The molecule has 0 aliphatic carbocycles. The molecule has 0 unspecified atom stereocenters. The second-order valence-corrected chi connectivity index (χ2v) is 4.40. The van der Waals surface area contributed by atoms with Gasteiger partial charge in [-0.3, -0.25) is 0 Å². The second-order valence-electron chi connectivity index (χ2n) is 3.28. The van der Waals surface area contributed by atoms with Crippen molar-refractivity contribution < 1.29 is 0 Å². The van der Waals surface area contributed by atoms with E-state index in [4.69, 9.17) is 5.73 Å². The van der Waals surface area contributed by atoms with Gasteiger partial charge in [0.25, 0.3) is 0 Å². The average Bonchev–Trinajstić information content (AvgIpc) is 1.66. The van der Waals surface area contributed by atoms with Crippen molar-refractivity contribution in [2.75, 3.05) is 0 Å². The van der Waals surface area contributed by atoms with Crippen molar-refractivity contribution in [2.24, 2.45) is 5.73 Å². The van der Waals surface area contributed by atoms with E-state index in [-0.39, 0.29) is 10.3 Å². The summed E-state index contributed by atoms with van der Waals surface area (Å²) in [4.78, 5) is 0. The Balaban J connectivity index is 0. The summed E-state index contributed by atoms with van der Waals surface area (Å²) in [6.45, 7) is 12.0. The summed E-state index contributed by atoms with van der Waals surface area (Å²) in [6, 6.07) is 0. The Hall–Kier alpha value is 0.310. The molecule has 0 aromatic heterocycles. The maximum absolute atomic E-state index is 5.74. The predicted octanol–water partition coefficient (Wildman–Crippen LogP) is 2.46. The third kappa shape index (κ3) is 5.12. The Kier molecular flexibility index (Phi) is 5.49. The molecule has 0 rings (SSSR count). The van der Waals surface area contributed by atoms with Crippen LogP contribution >= 0.6 is 12.6 Å². The van der Waals surface area contributed by atoms with Gasteiger partial charge in [0.1, 0.15) is 0 Å². The van der Waals surface area contributed by atoms with Crippen LogP contribution in [0.4, 0.5) is 0 Å². The molecule has 0 saturated carbocycles. The molecule has 0 aromatic carbocycles. The van der Waals surface area contributed by atoms with Crippen LogP contribution in [0.3, 0.4) is 0 Å². The predicted molar refractivity (Wildman–Crippen MR) is 52.7 cm³/mol. The molecule has 0 radical (unpaired) electrons. The highest BCUT2D eigenvalue weighted by atomic mass is 32.1. The van der Waals surface area contributed by atoms with Gasteiger partial charge in [0.15, 0.2) is 0 Å². The Morgan fingerprint density at radius 3 is 1.10 bits per heavy atom. The smallest absolute Gasteiger partial charge is 0.0247 e. The molecule has 0 aliphatic rings. The van der Waals surface area contributed by atoms with Crippen molar-refractivity contribution >= 4 is 12.6 Å². The average molecular weight is 163 g/mol. The van der Waals surface area contributed by atoms with E-state index < -0.39 is 0 Å². The van der Waals surface area contributed by atoms with E-state index in [1.807, 2.05) is 41.5 Å². The lowest BCUT2D eigenvalue weighted by Crippen LogP contribution is -2.48. The van der Waals surface area contributed by atoms with Crippen molar-refractivity contribution in [3.63, 3.8) is 0 Å². The number of thiol groups is 1. The molecule has 64 valence electrons. The number of hydrogen-bond acceptors (Lipinski definition) is 2. The molecule has 10 heavy (non-hydrogen) atoms. The molecule has 0 spiro atoms. The molecule has 0 bridgehead atoms. The lowest BCUT2D eigenvalue weighted by molar-refractivity contribution is 0.415. The van der Waals surface area contributed by atoms with Gasteiger partial charge in [-0.15, -0.1) is 0 Å². The fourth-order valence-corrected chi connectivity index (χ4v) is 0. The van der Waals surface area contributed by atoms with Crippen LogP contribution in [-0.4, -0.2) is 10.3 Å². The molecule has 0 saturated heterocycles. The normalized spacial score (nSPS) is 12.0. The molecular formula is C8H21NS. The van der Waals surface area contributed by atoms with Crippen LogP contribution in [0, 0.1) is 0 Å². The van der Waals surface area contributed by atoms with Crippen molar-refractivity contribution in [1.82, 2.24) is 0 Å². The Bertz CT molecular complexity index is 64.2. The van der Waals surface area contributed by atoms with Gasteiger partial charge in [0.05, 0.1) is 0 Å². The summed E-state index contributed by atoms with van der Waals surface area (Å²) in [5.74, 6) is 0. The zero-order valence-electron chi connectivity index (χ0n) is 8.02. The van der Waals surface area contributed by atoms with E-state index >= 15 is 0 Å². The van der Waals surface area contributed by atoms with Gasteiger partial charge >= 0.3 is 0 Å². The molecule has 0 aliphatic heterocycles. The fraction of sp³-hybridized carbons (Fsp3) is 1.00. The first kappa shape index (κ1) is 12.9. The number of rotatable bonds is 1. The topological polar surface area (TPSA) is 26.0 Å². The molecule has 0 aromatic rings. The van der Waals surface area contributed by atoms with Crippen LogP contribution in [0.5, 0.6) is 0 Å². The van der Waals surface area contributed by atoms with Crippen LogP contribution in [0.1, 0.15) is 41.5 Å². The zero-order valence-corrected chi connectivity index (χ0v) is 8.92. The highest BCUT2D eigenvalue weighted by Gasteiger charge is 2.28. The lowest BCUT2D eigenvalue weighted by Gasteiger charge is -2.33. The van der Waals surface area contributed by atoms with Crippen LogP contribution < -0.4 is 5.73 Å². The minimum atomic E-state index is -0.198.